The van der Waals surface area contributed by atoms with E-state index in [4.69, 9.17) is 27.1 Å². The van der Waals surface area contributed by atoms with E-state index >= 15 is 0 Å². The van der Waals surface area contributed by atoms with Crippen molar-refractivity contribution < 1.29 is 4.74 Å². The summed E-state index contributed by atoms with van der Waals surface area (Å²) in [6.07, 6.45) is 4.96. The van der Waals surface area contributed by atoms with Gasteiger partial charge < -0.3 is 10.5 Å². The number of fused-ring (bicyclic) bond motifs is 1. The maximum Gasteiger partial charge on any atom is 0.219 e. The van der Waals surface area contributed by atoms with Gasteiger partial charge in [-0.3, -0.25) is 0 Å². The first-order valence-corrected chi connectivity index (χ1v) is 12.1. The lowest BCUT2D eigenvalue weighted by molar-refractivity contribution is 0.0169. The predicted molar refractivity (Wildman–Crippen MR) is 133 cm³/mol. The molecule has 2 atom stereocenters. The molecule has 0 radical (unpaired) electrons. The minimum absolute atomic E-state index is 0.109. The predicted octanol–water partition coefficient (Wildman–Crippen LogP) is 7.95. The van der Waals surface area contributed by atoms with E-state index in [2.05, 4.69) is 48.0 Å². The van der Waals surface area contributed by atoms with Gasteiger partial charge in [0, 0.05) is 38.6 Å². The minimum Gasteiger partial charge on any atom is -0.471 e. The topological polar surface area (TPSA) is 48.1 Å². The second-order valence-corrected chi connectivity index (χ2v) is 9.64. The Labute approximate surface area is 198 Å². The zero-order valence-electron chi connectivity index (χ0n) is 18.0. The number of halogens is 2. The molecular weight excluding hydrogens is 472 g/mol. The number of hydrogen-bond donors (Lipinski definition) is 1. The van der Waals surface area contributed by atoms with Crippen LogP contribution in [0, 0.1) is 0 Å². The van der Waals surface area contributed by atoms with E-state index in [0.29, 0.717) is 10.9 Å². The molecular formula is C26H28BrClN2O. The maximum absolute atomic E-state index is 6.71. The van der Waals surface area contributed by atoms with Gasteiger partial charge in [-0.15, -0.1) is 0 Å². The lowest BCUT2D eigenvalue weighted by Gasteiger charge is -2.40. The number of nitrogens with zero attached hydrogens (tertiary/aromatic N) is 1. The van der Waals surface area contributed by atoms with E-state index in [1.807, 2.05) is 36.4 Å². The molecule has 2 unspecified atom stereocenters. The van der Waals surface area contributed by atoms with Crippen LogP contribution in [0.3, 0.4) is 0 Å². The summed E-state index contributed by atoms with van der Waals surface area (Å²) in [6, 6.07) is 18.1. The molecule has 2 aromatic carbocycles. The number of benzene rings is 2. The van der Waals surface area contributed by atoms with Crippen molar-refractivity contribution >= 4 is 27.5 Å². The van der Waals surface area contributed by atoms with Crippen molar-refractivity contribution in [2.24, 2.45) is 5.73 Å². The number of unbranched alkanes of at least 4 members (excludes halogenated alkanes) is 1. The van der Waals surface area contributed by atoms with Gasteiger partial charge in [-0.1, -0.05) is 78.1 Å². The summed E-state index contributed by atoms with van der Waals surface area (Å²) in [4.78, 5) is 5.05. The highest BCUT2D eigenvalue weighted by Crippen LogP contribution is 2.46. The number of nitrogens with two attached hydrogens (primary N) is 1. The Morgan fingerprint density at radius 2 is 1.87 bits per heavy atom. The molecule has 1 aromatic heterocycles. The lowest BCUT2D eigenvalue weighted by Crippen LogP contribution is -2.43. The van der Waals surface area contributed by atoms with E-state index in [1.165, 1.54) is 0 Å². The fourth-order valence-corrected chi connectivity index (χ4v) is 4.86. The molecule has 3 aromatic rings. The fourth-order valence-electron chi connectivity index (χ4n) is 4.37. The molecule has 1 aliphatic rings. The Hall–Kier alpha value is -1.88. The number of rotatable bonds is 6. The molecule has 162 valence electrons. The van der Waals surface area contributed by atoms with Gasteiger partial charge in [0.2, 0.25) is 5.88 Å². The zero-order chi connectivity index (χ0) is 22.0. The van der Waals surface area contributed by atoms with Crippen molar-refractivity contribution in [2.45, 2.75) is 57.6 Å². The third-order valence-corrected chi connectivity index (χ3v) is 7.09. The Kier molecular flexibility index (Phi) is 6.71. The highest BCUT2D eigenvalue weighted by atomic mass is 79.9. The fraction of sp³-hybridized carbons (Fsp3) is 0.346. The Morgan fingerprint density at radius 3 is 2.55 bits per heavy atom. The quantitative estimate of drug-likeness (QED) is 0.374. The van der Waals surface area contributed by atoms with Gasteiger partial charge in [0.15, 0.2) is 0 Å². The molecule has 4 rings (SSSR count). The smallest absolute Gasteiger partial charge is 0.219 e. The summed E-state index contributed by atoms with van der Waals surface area (Å²) in [5.74, 6) is 0.646. The van der Waals surface area contributed by atoms with Gasteiger partial charge in [0.25, 0.3) is 0 Å². The number of aromatic nitrogens is 1. The zero-order valence-corrected chi connectivity index (χ0v) is 20.3. The van der Waals surface area contributed by atoms with E-state index < -0.39 is 0 Å². The van der Waals surface area contributed by atoms with Gasteiger partial charge in [-0.05, 0) is 49.1 Å². The molecule has 0 aliphatic carbocycles. The largest absolute Gasteiger partial charge is 0.471 e. The summed E-state index contributed by atoms with van der Waals surface area (Å²) >= 11 is 10.1. The molecule has 0 spiro atoms. The standard InChI is InChI=1S/C26H28BrClN2O/c1-3-5-14-26(4-2)16-23(29)21-15-20(17-10-12-18(27)13-11-17)24(30-25(21)31-26)19-8-6-7-9-22(19)28/h6-13,15,23H,3-5,14,16,29H2,1-2H3. The highest BCUT2D eigenvalue weighted by molar-refractivity contribution is 9.10. The third-order valence-electron chi connectivity index (χ3n) is 6.23. The molecule has 0 bridgehead atoms. The molecule has 2 heterocycles. The first-order valence-electron chi connectivity index (χ1n) is 11.0. The van der Waals surface area contributed by atoms with Crippen LogP contribution in [0.15, 0.2) is 59.1 Å². The van der Waals surface area contributed by atoms with Crippen molar-refractivity contribution in [3.63, 3.8) is 0 Å². The van der Waals surface area contributed by atoms with E-state index in [-0.39, 0.29) is 11.6 Å². The van der Waals surface area contributed by atoms with Crippen LogP contribution in [0.5, 0.6) is 5.88 Å². The van der Waals surface area contributed by atoms with Crippen LogP contribution in [0.4, 0.5) is 0 Å². The van der Waals surface area contributed by atoms with Gasteiger partial charge in [0.1, 0.15) is 5.60 Å². The highest BCUT2D eigenvalue weighted by Gasteiger charge is 2.39. The van der Waals surface area contributed by atoms with Gasteiger partial charge in [-0.2, -0.15) is 0 Å². The molecule has 31 heavy (non-hydrogen) atoms. The van der Waals surface area contributed by atoms with Gasteiger partial charge in [0.05, 0.1) is 5.69 Å². The molecule has 0 amide bonds. The van der Waals surface area contributed by atoms with Crippen LogP contribution in [0.1, 0.15) is 57.6 Å². The molecule has 1 aliphatic heterocycles. The Morgan fingerprint density at radius 1 is 1.13 bits per heavy atom. The molecule has 2 N–H and O–H groups in total. The van der Waals surface area contributed by atoms with Gasteiger partial charge in [-0.25, -0.2) is 4.98 Å². The molecule has 0 fully saturated rings. The van der Waals surface area contributed by atoms with Crippen LogP contribution >= 0.6 is 27.5 Å². The molecule has 5 heteroatoms. The third kappa shape index (κ3) is 4.52. The first kappa shape index (κ1) is 22.3. The van der Waals surface area contributed by atoms with Crippen molar-refractivity contribution in [1.82, 2.24) is 4.98 Å². The van der Waals surface area contributed by atoms with Gasteiger partial charge >= 0.3 is 0 Å². The van der Waals surface area contributed by atoms with Crippen molar-refractivity contribution in [2.75, 3.05) is 0 Å². The average molecular weight is 500 g/mol. The maximum atomic E-state index is 6.71. The average Bonchev–Trinajstić information content (AvgIpc) is 2.78. The van der Waals surface area contributed by atoms with E-state index in [1.54, 1.807) is 0 Å². The second kappa shape index (κ2) is 9.32. The molecule has 0 saturated heterocycles. The van der Waals surface area contributed by atoms with E-state index in [9.17, 15) is 0 Å². The van der Waals surface area contributed by atoms with Crippen LogP contribution in [0.2, 0.25) is 5.02 Å². The lowest BCUT2D eigenvalue weighted by atomic mass is 9.82. The minimum atomic E-state index is -0.258. The van der Waals surface area contributed by atoms with Crippen molar-refractivity contribution in [3.8, 4) is 28.3 Å². The summed E-state index contributed by atoms with van der Waals surface area (Å²) in [5.41, 5.74) is 11.2. The van der Waals surface area contributed by atoms with Crippen LogP contribution in [-0.2, 0) is 0 Å². The molecule has 0 saturated carbocycles. The van der Waals surface area contributed by atoms with Crippen molar-refractivity contribution in [1.29, 1.82) is 0 Å². The summed E-state index contributed by atoms with van der Waals surface area (Å²) in [5, 5.41) is 0.668. The Balaban J connectivity index is 1.89. The number of ether oxygens (including phenoxy) is 1. The van der Waals surface area contributed by atoms with Crippen LogP contribution < -0.4 is 10.5 Å². The first-order chi connectivity index (χ1) is 15.0. The second-order valence-electron chi connectivity index (χ2n) is 8.32. The van der Waals surface area contributed by atoms with E-state index in [0.717, 1.165) is 64.5 Å². The molecule has 3 nitrogen and oxygen atoms in total. The summed E-state index contributed by atoms with van der Waals surface area (Å²) in [6.45, 7) is 4.39. The normalized spacial score (nSPS) is 20.2. The van der Waals surface area contributed by atoms with Crippen LogP contribution in [0.25, 0.3) is 22.4 Å². The number of hydrogen-bond acceptors (Lipinski definition) is 3. The summed E-state index contributed by atoms with van der Waals surface area (Å²) < 4.78 is 7.64. The number of pyridine rings is 1. The Bertz CT molecular complexity index is 1070. The van der Waals surface area contributed by atoms with Crippen molar-refractivity contribution in [3.05, 3.63) is 69.7 Å². The monoisotopic (exact) mass is 498 g/mol. The SMILES string of the molecule is CCCCC1(CC)CC(N)c2cc(-c3ccc(Br)cc3)c(-c3ccccc3Cl)nc2O1. The summed E-state index contributed by atoms with van der Waals surface area (Å²) in [7, 11) is 0. The van der Waals surface area contributed by atoms with Crippen LogP contribution in [-0.4, -0.2) is 10.6 Å².